The summed E-state index contributed by atoms with van der Waals surface area (Å²) in [5.41, 5.74) is 8.46. The smallest absolute Gasteiger partial charge is 0.255 e. The summed E-state index contributed by atoms with van der Waals surface area (Å²) in [4.78, 5) is 12.3. The summed E-state index contributed by atoms with van der Waals surface area (Å²) in [7, 11) is 3.07. The second kappa shape index (κ2) is 6.17. The Morgan fingerprint density at radius 1 is 1.05 bits per heavy atom. The van der Waals surface area contributed by atoms with Crippen LogP contribution in [0.2, 0.25) is 0 Å². The molecule has 0 saturated heterocycles. The van der Waals surface area contributed by atoms with Crippen LogP contribution in [0.15, 0.2) is 36.4 Å². The maximum atomic E-state index is 12.3. The van der Waals surface area contributed by atoms with Crippen molar-refractivity contribution in [3.05, 3.63) is 47.5 Å². The second-order valence-corrected chi connectivity index (χ2v) is 4.61. The first-order valence-electron chi connectivity index (χ1n) is 6.44. The van der Waals surface area contributed by atoms with Crippen LogP contribution in [0.1, 0.15) is 15.9 Å². The van der Waals surface area contributed by atoms with Crippen LogP contribution in [0, 0.1) is 6.92 Å². The van der Waals surface area contributed by atoms with Crippen LogP contribution in [0.25, 0.3) is 0 Å². The molecule has 0 aromatic heterocycles. The third kappa shape index (κ3) is 3.25. The number of methoxy groups -OCH3 is 2. The number of ether oxygens (including phenoxy) is 2. The number of anilines is 2. The van der Waals surface area contributed by atoms with Gasteiger partial charge in [-0.25, -0.2) is 0 Å². The van der Waals surface area contributed by atoms with Crippen molar-refractivity contribution in [2.75, 3.05) is 25.3 Å². The van der Waals surface area contributed by atoms with Crippen LogP contribution in [0.3, 0.4) is 0 Å². The van der Waals surface area contributed by atoms with Crippen LogP contribution >= 0.6 is 0 Å². The summed E-state index contributed by atoms with van der Waals surface area (Å²) in [6.45, 7) is 1.94. The molecule has 0 bridgehead atoms. The lowest BCUT2D eigenvalue weighted by Gasteiger charge is -2.11. The van der Waals surface area contributed by atoms with Gasteiger partial charge in [-0.1, -0.05) is 6.07 Å². The zero-order valence-corrected chi connectivity index (χ0v) is 12.3. The Morgan fingerprint density at radius 2 is 1.76 bits per heavy atom. The van der Waals surface area contributed by atoms with Crippen molar-refractivity contribution in [3.8, 4) is 11.5 Å². The fraction of sp³-hybridized carbons (Fsp3) is 0.188. The molecule has 0 radical (unpaired) electrons. The summed E-state index contributed by atoms with van der Waals surface area (Å²) in [6, 6.07) is 10.5. The molecule has 2 aromatic rings. The van der Waals surface area contributed by atoms with Crippen LogP contribution < -0.4 is 20.5 Å². The van der Waals surface area contributed by atoms with Gasteiger partial charge >= 0.3 is 0 Å². The fourth-order valence-electron chi connectivity index (χ4n) is 1.95. The lowest BCUT2D eigenvalue weighted by molar-refractivity contribution is 0.102. The molecule has 1 amide bonds. The zero-order valence-electron chi connectivity index (χ0n) is 12.3. The monoisotopic (exact) mass is 286 g/mol. The standard InChI is InChI=1S/C16H18N2O3/c1-10-4-6-12(17)13(8-10)18-16(19)11-5-7-14(20-2)15(9-11)21-3/h4-9H,17H2,1-3H3,(H,18,19). The van der Waals surface area contributed by atoms with Gasteiger partial charge in [0.05, 0.1) is 25.6 Å². The van der Waals surface area contributed by atoms with Crippen LogP contribution in [0.4, 0.5) is 11.4 Å². The van der Waals surface area contributed by atoms with Gasteiger partial charge in [-0.3, -0.25) is 4.79 Å². The number of nitrogens with one attached hydrogen (secondary N) is 1. The first-order valence-corrected chi connectivity index (χ1v) is 6.44. The number of benzene rings is 2. The van der Waals surface area contributed by atoms with Gasteiger partial charge < -0.3 is 20.5 Å². The first kappa shape index (κ1) is 14.7. The average molecular weight is 286 g/mol. The Labute approximate surface area is 123 Å². The Bertz CT molecular complexity index is 669. The minimum Gasteiger partial charge on any atom is -0.493 e. The van der Waals surface area contributed by atoms with Crippen molar-refractivity contribution >= 4 is 17.3 Å². The van der Waals surface area contributed by atoms with Gasteiger partial charge in [0.1, 0.15) is 0 Å². The zero-order chi connectivity index (χ0) is 15.4. The van der Waals surface area contributed by atoms with E-state index < -0.39 is 0 Å². The lowest BCUT2D eigenvalue weighted by atomic mass is 10.1. The molecule has 3 N–H and O–H groups in total. The van der Waals surface area contributed by atoms with Gasteiger partial charge in [0, 0.05) is 5.56 Å². The van der Waals surface area contributed by atoms with Crippen molar-refractivity contribution in [3.63, 3.8) is 0 Å². The fourth-order valence-corrected chi connectivity index (χ4v) is 1.95. The number of nitrogen functional groups attached to an aromatic ring is 1. The number of carbonyl (C=O) groups excluding carboxylic acids is 1. The maximum absolute atomic E-state index is 12.3. The number of hydrogen-bond acceptors (Lipinski definition) is 4. The van der Waals surface area contributed by atoms with Crippen molar-refractivity contribution < 1.29 is 14.3 Å². The van der Waals surface area contributed by atoms with E-state index in [4.69, 9.17) is 15.2 Å². The summed E-state index contributed by atoms with van der Waals surface area (Å²) in [5.74, 6) is 0.819. The topological polar surface area (TPSA) is 73.6 Å². The minimum atomic E-state index is -0.256. The number of carbonyl (C=O) groups is 1. The number of rotatable bonds is 4. The maximum Gasteiger partial charge on any atom is 0.255 e. The highest BCUT2D eigenvalue weighted by Crippen LogP contribution is 2.28. The molecular weight excluding hydrogens is 268 g/mol. The minimum absolute atomic E-state index is 0.256. The van der Waals surface area contributed by atoms with Gasteiger partial charge in [0.2, 0.25) is 0 Å². The third-order valence-corrected chi connectivity index (χ3v) is 3.10. The molecule has 0 aliphatic carbocycles. The van der Waals surface area contributed by atoms with E-state index in [1.54, 1.807) is 31.4 Å². The van der Waals surface area contributed by atoms with E-state index in [0.717, 1.165) is 5.56 Å². The van der Waals surface area contributed by atoms with Crippen LogP contribution in [-0.2, 0) is 0 Å². The molecule has 0 saturated carbocycles. The lowest BCUT2D eigenvalue weighted by Crippen LogP contribution is -2.13. The van der Waals surface area contributed by atoms with Crippen molar-refractivity contribution in [1.82, 2.24) is 0 Å². The number of aryl methyl sites for hydroxylation is 1. The molecule has 2 aromatic carbocycles. The Morgan fingerprint density at radius 3 is 2.43 bits per heavy atom. The molecule has 5 heteroatoms. The van der Waals surface area contributed by atoms with Crippen LogP contribution in [-0.4, -0.2) is 20.1 Å². The van der Waals surface area contributed by atoms with Crippen LogP contribution in [0.5, 0.6) is 11.5 Å². The molecular formula is C16H18N2O3. The molecule has 0 atom stereocenters. The van der Waals surface area contributed by atoms with E-state index in [0.29, 0.717) is 28.4 Å². The molecule has 0 aliphatic heterocycles. The van der Waals surface area contributed by atoms with Gasteiger partial charge in [-0.05, 0) is 42.8 Å². The first-order chi connectivity index (χ1) is 10.0. The van der Waals surface area contributed by atoms with E-state index >= 15 is 0 Å². The van der Waals surface area contributed by atoms with Crippen molar-refractivity contribution in [2.24, 2.45) is 0 Å². The molecule has 110 valence electrons. The molecule has 2 rings (SSSR count). The third-order valence-electron chi connectivity index (χ3n) is 3.10. The Balaban J connectivity index is 2.26. The highest BCUT2D eigenvalue weighted by molar-refractivity contribution is 6.06. The number of amides is 1. The average Bonchev–Trinajstić information content (AvgIpc) is 2.50. The summed E-state index contributed by atoms with van der Waals surface area (Å²) >= 11 is 0. The molecule has 21 heavy (non-hydrogen) atoms. The van der Waals surface area contributed by atoms with E-state index in [9.17, 15) is 4.79 Å². The highest BCUT2D eigenvalue weighted by Gasteiger charge is 2.12. The normalized spacial score (nSPS) is 10.0. The number of hydrogen-bond donors (Lipinski definition) is 2. The highest BCUT2D eigenvalue weighted by atomic mass is 16.5. The summed E-state index contributed by atoms with van der Waals surface area (Å²) in [6.07, 6.45) is 0. The molecule has 0 spiro atoms. The Kier molecular flexibility index (Phi) is 4.33. The summed E-state index contributed by atoms with van der Waals surface area (Å²) < 4.78 is 10.3. The van der Waals surface area contributed by atoms with Gasteiger partial charge in [0.15, 0.2) is 11.5 Å². The Hall–Kier alpha value is -2.69. The van der Waals surface area contributed by atoms with Crippen molar-refractivity contribution in [1.29, 1.82) is 0 Å². The van der Waals surface area contributed by atoms with E-state index in [2.05, 4.69) is 5.32 Å². The van der Waals surface area contributed by atoms with E-state index in [1.165, 1.54) is 7.11 Å². The predicted octanol–water partition coefficient (Wildman–Crippen LogP) is 2.85. The predicted molar refractivity (Wildman–Crippen MR) is 83.1 cm³/mol. The molecule has 0 aliphatic rings. The molecule has 0 unspecified atom stereocenters. The molecule has 5 nitrogen and oxygen atoms in total. The largest absolute Gasteiger partial charge is 0.493 e. The summed E-state index contributed by atoms with van der Waals surface area (Å²) in [5, 5.41) is 2.80. The second-order valence-electron chi connectivity index (χ2n) is 4.61. The van der Waals surface area contributed by atoms with Crippen molar-refractivity contribution in [2.45, 2.75) is 6.92 Å². The van der Waals surface area contributed by atoms with E-state index in [-0.39, 0.29) is 5.91 Å². The van der Waals surface area contributed by atoms with Gasteiger partial charge in [-0.15, -0.1) is 0 Å². The molecule has 0 heterocycles. The number of nitrogens with two attached hydrogens (primary N) is 1. The van der Waals surface area contributed by atoms with Gasteiger partial charge in [-0.2, -0.15) is 0 Å². The van der Waals surface area contributed by atoms with E-state index in [1.807, 2.05) is 19.1 Å². The quantitative estimate of drug-likeness (QED) is 0.848. The van der Waals surface area contributed by atoms with Gasteiger partial charge in [0.25, 0.3) is 5.91 Å². The SMILES string of the molecule is COc1ccc(C(=O)Nc2cc(C)ccc2N)cc1OC. The molecule has 0 fully saturated rings.